The van der Waals surface area contributed by atoms with Crippen molar-refractivity contribution in [1.82, 2.24) is 0 Å². The molecule has 0 spiro atoms. The third-order valence-electron chi connectivity index (χ3n) is 1.31. The van der Waals surface area contributed by atoms with Crippen molar-refractivity contribution in [3.05, 3.63) is 12.1 Å². The van der Waals surface area contributed by atoms with Gasteiger partial charge in [0.05, 0.1) is 0 Å². The molecule has 2 N–H and O–H groups in total. The second-order valence-electron chi connectivity index (χ2n) is 2.44. The van der Waals surface area contributed by atoms with Crippen LogP contribution >= 0.6 is 0 Å². The van der Waals surface area contributed by atoms with Gasteiger partial charge < -0.3 is 19.4 Å². The monoisotopic (exact) mass is 155 g/mol. The van der Waals surface area contributed by atoms with E-state index in [4.69, 9.17) is 14.5 Å². The molecule has 0 aliphatic rings. The van der Waals surface area contributed by atoms with Gasteiger partial charge in [0.1, 0.15) is 5.66 Å². The lowest BCUT2D eigenvalue weighted by molar-refractivity contribution is 0.410. The molecule has 1 aromatic rings. The Bertz CT molecular complexity index is 211. The molecule has 1 aromatic heterocycles. The van der Waals surface area contributed by atoms with E-state index in [2.05, 4.69) is 0 Å². The van der Waals surface area contributed by atoms with Gasteiger partial charge >= 0.3 is 7.12 Å². The minimum absolute atomic E-state index is 0.161. The van der Waals surface area contributed by atoms with Gasteiger partial charge in [0.25, 0.3) is 0 Å². The number of hydrogen-bond acceptors (Lipinski definition) is 4. The highest BCUT2D eigenvalue weighted by Crippen LogP contribution is 2.08. The van der Waals surface area contributed by atoms with Crippen LogP contribution in [0.5, 0.6) is 0 Å². The molecule has 0 atom stereocenters. The minimum Gasteiger partial charge on any atom is -0.449 e. The van der Waals surface area contributed by atoms with E-state index < -0.39 is 7.12 Å². The standard InChI is InChI=1S/C6H10BNO3/c1-8(2)6-4-3-5(11-6)7(9)10/h3-4,9-10H,1-2H3. The van der Waals surface area contributed by atoms with Crippen LogP contribution in [-0.2, 0) is 0 Å². The van der Waals surface area contributed by atoms with E-state index in [0.29, 0.717) is 5.88 Å². The lowest BCUT2D eigenvalue weighted by atomic mass is 9.88. The SMILES string of the molecule is CN(C)c1ccc(B(O)O)o1. The predicted octanol–water partition coefficient (Wildman–Crippen LogP) is -0.975. The Morgan fingerprint density at radius 2 is 2.00 bits per heavy atom. The highest BCUT2D eigenvalue weighted by molar-refractivity contribution is 6.57. The van der Waals surface area contributed by atoms with Gasteiger partial charge in [-0.15, -0.1) is 0 Å². The lowest BCUT2D eigenvalue weighted by Crippen LogP contribution is -2.28. The average Bonchev–Trinajstić information content (AvgIpc) is 2.33. The predicted molar refractivity (Wildman–Crippen MR) is 42.9 cm³/mol. The maximum atomic E-state index is 8.66. The summed E-state index contributed by atoms with van der Waals surface area (Å²) in [5.74, 6) is 0.605. The van der Waals surface area contributed by atoms with E-state index >= 15 is 0 Å². The Balaban J connectivity index is 2.82. The maximum absolute atomic E-state index is 8.66. The molecule has 60 valence electrons. The molecular weight excluding hydrogens is 145 g/mol. The van der Waals surface area contributed by atoms with Crippen molar-refractivity contribution >= 4 is 18.7 Å². The summed E-state index contributed by atoms with van der Waals surface area (Å²) in [4.78, 5) is 1.74. The summed E-state index contributed by atoms with van der Waals surface area (Å²) < 4.78 is 5.03. The Kier molecular flexibility index (Phi) is 2.21. The fraction of sp³-hybridized carbons (Fsp3) is 0.333. The third kappa shape index (κ3) is 1.75. The first-order valence-corrected chi connectivity index (χ1v) is 3.24. The van der Waals surface area contributed by atoms with E-state index in [-0.39, 0.29) is 5.66 Å². The van der Waals surface area contributed by atoms with Crippen molar-refractivity contribution in [3.8, 4) is 0 Å². The molecular formula is C6H10BNO3. The van der Waals surface area contributed by atoms with Crippen LogP contribution in [0.15, 0.2) is 16.5 Å². The number of anilines is 1. The lowest BCUT2D eigenvalue weighted by Gasteiger charge is -2.06. The second kappa shape index (κ2) is 2.98. The normalized spacial score (nSPS) is 9.82. The molecule has 0 unspecified atom stereocenters. The van der Waals surface area contributed by atoms with Crippen LogP contribution < -0.4 is 10.6 Å². The van der Waals surface area contributed by atoms with Crippen LogP contribution in [0.25, 0.3) is 0 Å². The molecule has 1 rings (SSSR count). The van der Waals surface area contributed by atoms with Gasteiger partial charge in [-0.3, -0.25) is 0 Å². The van der Waals surface area contributed by atoms with Crippen LogP contribution in [0.1, 0.15) is 0 Å². The molecule has 0 aliphatic carbocycles. The molecule has 0 saturated carbocycles. The molecule has 0 radical (unpaired) electrons. The molecule has 0 saturated heterocycles. The van der Waals surface area contributed by atoms with E-state index in [0.717, 1.165) is 0 Å². The summed E-state index contributed by atoms with van der Waals surface area (Å²) in [5, 5.41) is 17.3. The second-order valence-corrected chi connectivity index (χ2v) is 2.44. The molecule has 0 amide bonds. The zero-order valence-electron chi connectivity index (χ0n) is 6.48. The summed E-state index contributed by atoms with van der Waals surface area (Å²) in [6.07, 6.45) is 0. The zero-order valence-corrected chi connectivity index (χ0v) is 6.48. The Labute approximate surface area is 65.2 Å². The summed E-state index contributed by atoms with van der Waals surface area (Å²) in [6, 6.07) is 3.20. The van der Waals surface area contributed by atoms with Crippen LogP contribution in [-0.4, -0.2) is 31.3 Å². The molecule has 0 fully saturated rings. The van der Waals surface area contributed by atoms with E-state index in [1.807, 2.05) is 14.1 Å². The Morgan fingerprint density at radius 3 is 2.27 bits per heavy atom. The van der Waals surface area contributed by atoms with Crippen LogP contribution in [0.3, 0.4) is 0 Å². The van der Waals surface area contributed by atoms with Crippen molar-refractivity contribution in [2.45, 2.75) is 0 Å². The fourth-order valence-electron chi connectivity index (χ4n) is 0.721. The summed E-state index contributed by atoms with van der Waals surface area (Å²) in [7, 11) is 2.10. The molecule has 11 heavy (non-hydrogen) atoms. The fourth-order valence-corrected chi connectivity index (χ4v) is 0.721. The first-order valence-electron chi connectivity index (χ1n) is 3.24. The summed E-state index contributed by atoms with van der Waals surface area (Å²) in [5.41, 5.74) is 0.161. The average molecular weight is 155 g/mol. The van der Waals surface area contributed by atoms with Crippen molar-refractivity contribution in [2.24, 2.45) is 0 Å². The molecule has 4 nitrogen and oxygen atoms in total. The summed E-state index contributed by atoms with van der Waals surface area (Å²) >= 11 is 0. The van der Waals surface area contributed by atoms with Gasteiger partial charge in [0.15, 0.2) is 5.88 Å². The van der Waals surface area contributed by atoms with Gasteiger partial charge in [0.2, 0.25) is 0 Å². The van der Waals surface area contributed by atoms with Crippen molar-refractivity contribution in [2.75, 3.05) is 19.0 Å². The maximum Gasteiger partial charge on any atom is 0.526 e. The number of furan rings is 1. The van der Waals surface area contributed by atoms with E-state index in [1.165, 1.54) is 6.07 Å². The zero-order chi connectivity index (χ0) is 8.43. The summed E-state index contributed by atoms with van der Waals surface area (Å²) in [6.45, 7) is 0. The third-order valence-corrected chi connectivity index (χ3v) is 1.31. The van der Waals surface area contributed by atoms with E-state index in [1.54, 1.807) is 11.0 Å². The minimum atomic E-state index is -1.52. The molecule has 5 heteroatoms. The van der Waals surface area contributed by atoms with Gasteiger partial charge in [0, 0.05) is 20.2 Å². The number of rotatable bonds is 2. The van der Waals surface area contributed by atoms with Gasteiger partial charge in [-0.25, -0.2) is 0 Å². The van der Waals surface area contributed by atoms with Gasteiger partial charge in [-0.2, -0.15) is 0 Å². The Morgan fingerprint density at radius 1 is 1.36 bits per heavy atom. The molecule has 0 aliphatic heterocycles. The first-order chi connectivity index (χ1) is 5.11. The van der Waals surface area contributed by atoms with Crippen molar-refractivity contribution in [3.63, 3.8) is 0 Å². The smallest absolute Gasteiger partial charge is 0.449 e. The van der Waals surface area contributed by atoms with E-state index in [9.17, 15) is 0 Å². The van der Waals surface area contributed by atoms with Gasteiger partial charge in [-0.1, -0.05) is 0 Å². The molecule has 0 aromatic carbocycles. The van der Waals surface area contributed by atoms with Crippen LogP contribution in [0.2, 0.25) is 0 Å². The largest absolute Gasteiger partial charge is 0.526 e. The molecule has 1 heterocycles. The highest BCUT2D eigenvalue weighted by Gasteiger charge is 2.16. The molecule has 0 bridgehead atoms. The quantitative estimate of drug-likeness (QED) is 0.539. The van der Waals surface area contributed by atoms with Crippen LogP contribution in [0.4, 0.5) is 5.88 Å². The highest BCUT2D eigenvalue weighted by atomic mass is 16.4. The Hall–Kier alpha value is -0.935. The van der Waals surface area contributed by atoms with Crippen molar-refractivity contribution in [1.29, 1.82) is 0 Å². The number of nitrogens with zero attached hydrogens (tertiary/aromatic N) is 1. The topological polar surface area (TPSA) is 56.8 Å². The number of hydrogen-bond donors (Lipinski definition) is 2. The van der Waals surface area contributed by atoms with Crippen molar-refractivity contribution < 1.29 is 14.5 Å². The van der Waals surface area contributed by atoms with Crippen LogP contribution in [0, 0.1) is 0 Å². The first kappa shape index (κ1) is 8.16. The van der Waals surface area contributed by atoms with Gasteiger partial charge in [-0.05, 0) is 6.07 Å².